The maximum Gasteiger partial charge on any atom is 0.249 e. The van der Waals surface area contributed by atoms with Gasteiger partial charge in [0.15, 0.2) is 0 Å². The molecule has 1 aromatic rings. The van der Waals surface area contributed by atoms with Gasteiger partial charge in [0.1, 0.15) is 12.1 Å². The van der Waals surface area contributed by atoms with Crippen molar-refractivity contribution < 1.29 is 9.59 Å². The largest absolute Gasteiger partial charge is 0.373 e. The Morgan fingerprint density at radius 2 is 2.12 bits per heavy atom. The van der Waals surface area contributed by atoms with E-state index >= 15 is 0 Å². The third-order valence-electron chi connectivity index (χ3n) is 2.62. The molecule has 1 saturated heterocycles. The summed E-state index contributed by atoms with van der Waals surface area (Å²) in [6.07, 6.45) is 0.766. The molecule has 1 atom stereocenters. The van der Waals surface area contributed by atoms with Gasteiger partial charge in [0, 0.05) is 6.42 Å². The molecule has 5 heteroatoms. The van der Waals surface area contributed by atoms with Gasteiger partial charge in [0.2, 0.25) is 11.8 Å². The molecule has 1 aromatic carbocycles. The molecule has 86 valence electrons. The highest BCUT2D eigenvalue weighted by atomic mass is 16.2. The maximum absolute atomic E-state index is 11.5. The Morgan fingerprint density at radius 3 is 2.82 bits per heavy atom. The fourth-order valence-electron chi connectivity index (χ4n) is 1.73. The Bertz CT molecular complexity index is 505. The van der Waals surface area contributed by atoms with E-state index < -0.39 is 6.04 Å². The quantitative estimate of drug-likeness (QED) is 0.734. The molecular weight excluding hydrogens is 218 g/mol. The Morgan fingerprint density at radius 1 is 1.35 bits per heavy atom. The van der Waals surface area contributed by atoms with Crippen LogP contribution in [0.3, 0.4) is 0 Å². The lowest BCUT2D eigenvalue weighted by atomic mass is 10.0. The van der Waals surface area contributed by atoms with Crippen LogP contribution in [-0.2, 0) is 9.59 Å². The van der Waals surface area contributed by atoms with Gasteiger partial charge in [0.05, 0.1) is 11.3 Å². The Kier molecular flexibility index (Phi) is 3.06. The second-order valence-electron chi connectivity index (χ2n) is 3.81. The van der Waals surface area contributed by atoms with Crippen molar-refractivity contribution in [2.75, 3.05) is 5.32 Å². The molecule has 1 aliphatic heterocycles. The van der Waals surface area contributed by atoms with Crippen molar-refractivity contribution in [3.8, 4) is 6.07 Å². The van der Waals surface area contributed by atoms with E-state index in [1.165, 1.54) is 0 Å². The summed E-state index contributed by atoms with van der Waals surface area (Å²) >= 11 is 0. The van der Waals surface area contributed by atoms with Gasteiger partial charge in [-0.2, -0.15) is 5.26 Å². The van der Waals surface area contributed by atoms with E-state index in [9.17, 15) is 9.59 Å². The summed E-state index contributed by atoms with van der Waals surface area (Å²) in [7, 11) is 0. The average Bonchev–Trinajstić information content (AvgIpc) is 2.33. The van der Waals surface area contributed by atoms with E-state index in [-0.39, 0.29) is 11.8 Å². The van der Waals surface area contributed by atoms with Crippen molar-refractivity contribution in [2.45, 2.75) is 18.9 Å². The number of amides is 2. The van der Waals surface area contributed by atoms with Crippen LogP contribution in [-0.4, -0.2) is 17.9 Å². The second kappa shape index (κ2) is 4.66. The zero-order valence-corrected chi connectivity index (χ0v) is 9.06. The third kappa shape index (κ3) is 2.42. The molecular formula is C12H11N3O2. The number of nitriles is 1. The summed E-state index contributed by atoms with van der Waals surface area (Å²) in [5.41, 5.74) is 1.10. The Balaban J connectivity index is 2.13. The highest BCUT2D eigenvalue weighted by Gasteiger charge is 2.26. The van der Waals surface area contributed by atoms with Crippen LogP contribution in [0, 0.1) is 11.3 Å². The van der Waals surface area contributed by atoms with Gasteiger partial charge in [-0.3, -0.25) is 14.9 Å². The predicted molar refractivity (Wildman–Crippen MR) is 61.0 cm³/mol. The van der Waals surface area contributed by atoms with Gasteiger partial charge in [-0.15, -0.1) is 0 Å². The molecule has 2 N–H and O–H groups in total. The normalized spacial score (nSPS) is 19.4. The number of rotatable bonds is 2. The monoisotopic (exact) mass is 229 g/mol. The summed E-state index contributed by atoms with van der Waals surface area (Å²) in [5, 5.41) is 14.2. The first-order chi connectivity index (χ1) is 8.20. The molecule has 0 saturated carbocycles. The zero-order valence-electron chi connectivity index (χ0n) is 9.06. The number of hydrogen-bond acceptors (Lipinski definition) is 4. The van der Waals surface area contributed by atoms with Gasteiger partial charge in [-0.1, -0.05) is 12.1 Å². The number of carbonyl (C=O) groups is 2. The van der Waals surface area contributed by atoms with Crippen LogP contribution < -0.4 is 10.6 Å². The third-order valence-corrected chi connectivity index (χ3v) is 2.62. The number of carbonyl (C=O) groups excluding carboxylic acids is 2. The lowest BCUT2D eigenvalue weighted by Crippen LogP contribution is -2.47. The summed E-state index contributed by atoms with van der Waals surface area (Å²) in [6, 6.07) is 8.55. The SMILES string of the molecule is N#Cc1ccccc1NC1CCC(=O)NC1=O. The standard InChI is InChI=1S/C12H11N3O2/c13-7-8-3-1-2-4-9(8)14-10-5-6-11(16)15-12(10)17/h1-4,10,14H,5-6H2,(H,15,16,17). The van der Waals surface area contributed by atoms with Crippen molar-refractivity contribution >= 4 is 17.5 Å². The second-order valence-corrected chi connectivity index (χ2v) is 3.81. The fourth-order valence-corrected chi connectivity index (χ4v) is 1.73. The number of nitrogens with one attached hydrogen (secondary N) is 2. The van der Waals surface area contributed by atoms with E-state index in [1.54, 1.807) is 24.3 Å². The van der Waals surface area contributed by atoms with Gasteiger partial charge >= 0.3 is 0 Å². The first-order valence-corrected chi connectivity index (χ1v) is 5.30. The molecule has 1 aliphatic rings. The van der Waals surface area contributed by atoms with E-state index in [2.05, 4.69) is 10.6 Å². The molecule has 0 aromatic heterocycles. The van der Waals surface area contributed by atoms with Crippen molar-refractivity contribution in [3.05, 3.63) is 29.8 Å². The van der Waals surface area contributed by atoms with Crippen LogP contribution >= 0.6 is 0 Å². The van der Waals surface area contributed by atoms with Gasteiger partial charge in [-0.25, -0.2) is 0 Å². The van der Waals surface area contributed by atoms with Crippen LogP contribution in [0.1, 0.15) is 18.4 Å². The molecule has 1 unspecified atom stereocenters. The number of anilines is 1. The minimum atomic E-state index is -0.456. The summed E-state index contributed by atoms with van der Waals surface area (Å²) in [4.78, 5) is 22.5. The van der Waals surface area contributed by atoms with E-state index in [1.807, 2.05) is 6.07 Å². The predicted octanol–water partition coefficient (Wildman–Crippen LogP) is 0.775. The van der Waals surface area contributed by atoms with Gasteiger partial charge in [-0.05, 0) is 18.6 Å². The number of benzene rings is 1. The van der Waals surface area contributed by atoms with E-state index in [0.29, 0.717) is 24.1 Å². The number of piperidine rings is 1. The molecule has 5 nitrogen and oxygen atoms in total. The highest BCUT2D eigenvalue weighted by molar-refractivity contribution is 6.01. The number of imide groups is 1. The molecule has 0 spiro atoms. The lowest BCUT2D eigenvalue weighted by molar-refractivity contribution is -0.133. The molecule has 2 rings (SSSR count). The van der Waals surface area contributed by atoms with Crippen LogP contribution in [0.4, 0.5) is 5.69 Å². The summed E-state index contributed by atoms with van der Waals surface area (Å²) in [5.74, 6) is -0.587. The molecule has 0 radical (unpaired) electrons. The number of nitrogens with zero attached hydrogens (tertiary/aromatic N) is 1. The molecule has 1 heterocycles. The smallest absolute Gasteiger partial charge is 0.249 e. The summed E-state index contributed by atoms with van der Waals surface area (Å²) < 4.78 is 0. The lowest BCUT2D eigenvalue weighted by Gasteiger charge is -2.23. The molecule has 17 heavy (non-hydrogen) atoms. The molecule has 1 fully saturated rings. The van der Waals surface area contributed by atoms with Crippen molar-refractivity contribution in [2.24, 2.45) is 0 Å². The van der Waals surface area contributed by atoms with E-state index in [4.69, 9.17) is 5.26 Å². The van der Waals surface area contributed by atoms with Gasteiger partial charge < -0.3 is 5.32 Å². The first kappa shape index (κ1) is 11.1. The molecule has 0 aliphatic carbocycles. The fraction of sp³-hybridized carbons (Fsp3) is 0.250. The highest BCUT2D eigenvalue weighted by Crippen LogP contribution is 2.17. The topological polar surface area (TPSA) is 82.0 Å². The minimum Gasteiger partial charge on any atom is -0.373 e. The first-order valence-electron chi connectivity index (χ1n) is 5.30. The molecule has 2 amide bonds. The van der Waals surface area contributed by atoms with Crippen LogP contribution in [0.15, 0.2) is 24.3 Å². The molecule has 0 bridgehead atoms. The van der Waals surface area contributed by atoms with Crippen LogP contribution in [0.5, 0.6) is 0 Å². The maximum atomic E-state index is 11.5. The van der Waals surface area contributed by atoms with Crippen LogP contribution in [0.2, 0.25) is 0 Å². The average molecular weight is 229 g/mol. The minimum absolute atomic E-state index is 0.249. The Labute approximate surface area is 98.4 Å². The van der Waals surface area contributed by atoms with Crippen molar-refractivity contribution in [3.63, 3.8) is 0 Å². The summed E-state index contributed by atoms with van der Waals surface area (Å²) in [6.45, 7) is 0. The van der Waals surface area contributed by atoms with Crippen LogP contribution in [0.25, 0.3) is 0 Å². The van der Waals surface area contributed by atoms with Gasteiger partial charge in [0.25, 0.3) is 0 Å². The Hall–Kier alpha value is -2.35. The number of para-hydroxylation sites is 1. The number of hydrogen-bond donors (Lipinski definition) is 2. The zero-order chi connectivity index (χ0) is 12.3. The van der Waals surface area contributed by atoms with Crippen molar-refractivity contribution in [1.29, 1.82) is 5.26 Å². The van der Waals surface area contributed by atoms with E-state index in [0.717, 1.165) is 0 Å². The van der Waals surface area contributed by atoms with Crippen molar-refractivity contribution in [1.82, 2.24) is 5.32 Å².